The number of nitrogen functional groups attached to an aromatic ring is 1. The molecule has 2 N–H and O–H groups in total. The molecule has 0 heterocycles. The highest BCUT2D eigenvalue weighted by molar-refractivity contribution is 5.91. The maximum absolute atomic E-state index is 13.4. The molecule has 0 bridgehead atoms. The molecule has 0 saturated heterocycles. The summed E-state index contributed by atoms with van der Waals surface area (Å²) in [4.78, 5) is 11.3. The van der Waals surface area contributed by atoms with Crippen molar-refractivity contribution < 1.29 is 13.9 Å². The van der Waals surface area contributed by atoms with Gasteiger partial charge in [0.15, 0.2) is 6.61 Å². The number of nitrogens with two attached hydrogens (primary N) is 1. The SMILES string of the molecule is Cc1cc(N)cc(C(=O)OCC#N)c1F. The van der Waals surface area contributed by atoms with Crippen LogP contribution in [-0.4, -0.2) is 12.6 Å². The average Bonchev–Trinajstić information content (AvgIpc) is 2.19. The molecular weight excluding hydrogens is 199 g/mol. The Labute approximate surface area is 86.1 Å². The van der Waals surface area contributed by atoms with Crippen molar-refractivity contribution in [2.75, 3.05) is 12.3 Å². The Morgan fingerprint density at radius 3 is 2.93 bits per heavy atom. The largest absolute Gasteiger partial charge is 0.447 e. The topological polar surface area (TPSA) is 76.1 Å². The zero-order valence-electron chi connectivity index (χ0n) is 8.08. The molecule has 1 rings (SSSR count). The fraction of sp³-hybridized carbons (Fsp3) is 0.200. The Morgan fingerprint density at radius 2 is 2.33 bits per heavy atom. The second kappa shape index (κ2) is 4.42. The van der Waals surface area contributed by atoms with Crippen LogP contribution in [0.1, 0.15) is 15.9 Å². The summed E-state index contributed by atoms with van der Waals surface area (Å²) in [6, 6.07) is 4.22. The number of hydrogen-bond acceptors (Lipinski definition) is 4. The number of hydrogen-bond donors (Lipinski definition) is 1. The number of carbonyl (C=O) groups excluding carboxylic acids is 1. The summed E-state index contributed by atoms with van der Waals surface area (Å²) in [7, 11) is 0. The number of nitriles is 1. The lowest BCUT2D eigenvalue weighted by atomic mass is 10.1. The van der Waals surface area contributed by atoms with Crippen molar-refractivity contribution in [2.24, 2.45) is 0 Å². The number of esters is 1. The van der Waals surface area contributed by atoms with Gasteiger partial charge in [-0.3, -0.25) is 0 Å². The molecule has 0 saturated carbocycles. The Balaban J connectivity index is 3.04. The first kappa shape index (κ1) is 11.0. The quantitative estimate of drug-likeness (QED) is 0.588. The van der Waals surface area contributed by atoms with Gasteiger partial charge in [0.1, 0.15) is 11.9 Å². The van der Waals surface area contributed by atoms with Crippen molar-refractivity contribution in [1.82, 2.24) is 0 Å². The summed E-state index contributed by atoms with van der Waals surface area (Å²) in [6.45, 7) is 1.08. The lowest BCUT2D eigenvalue weighted by molar-refractivity contribution is 0.0549. The fourth-order valence-electron chi connectivity index (χ4n) is 1.12. The number of nitrogens with zero attached hydrogens (tertiary/aromatic N) is 1. The third-order valence-electron chi connectivity index (χ3n) is 1.76. The minimum absolute atomic E-state index is 0.247. The Morgan fingerprint density at radius 1 is 1.67 bits per heavy atom. The number of halogens is 1. The highest BCUT2D eigenvalue weighted by Gasteiger charge is 2.15. The van der Waals surface area contributed by atoms with Crippen molar-refractivity contribution in [3.8, 4) is 6.07 Å². The highest BCUT2D eigenvalue weighted by Crippen LogP contribution is 2.17. The number of benzene rings is 1. The molecule has 15 heavy (non-hydrogen) atoms. The molecule has 0 amide bonds. The van der Waals surface area contributed by atoms with E-state index in [-0.39, 0.29) is 16.8 Å². The van der Waals surface area contributed by atoms with E-state index in [1.165, 1.54) is 19.1 Å². The summed E-state index contributed by atoms with van der Waals surface area (Å²) in [5, 5.41) is 8.19. The number of ether oxygens (including phenoxy) is 1. The smallest absolute Gasteiger partial charge is 0.342 e. The zero-order valence-corrected chi connectivity index (χ0v) is 8.08. The Hall–Kier alpha value is -2.09. The van der Waals surface area contributed by atoms with E-state index in [0.717, 1.165) is 0 Å². The van der Waals surface area contributed by atoms with Crippen LogP contribution in [0.3, 0.4) is 0 Å². The maximum atomic E-state index is 13.4. The maximum Gasteiger partial charge on any atom is 0.342 e. The van der Waals surface area contributed by atoms with E-state index < -0.39 is 18.4 Å². The minimum Gasteiger partial charge on any atom is -0.447 e. The molecule has 0 aromatic heterocycles. The molecule has 0 atom stereocenters. The van der Waals surface area contributed by atoms with Gasteiger partial charge in [0.05, 0.1) is 5.56 Å². The van der Waals surface area contributed by atoms with Gasteiger partial charge < -0.3 is 10.5 Å². The van der Waals surface area contributed by atoms with E-state index in [2.05, 4.69) is 4.74 Å². The van der Waals surface area contributed by atoms with Crippen LogP contribution >= 0.6 is 0 Å². The lowest BCUT2D eigenvalue weighted by Crippen LogP contribution is -2.09. The number of carbonyl (C=O) groups is 1. The molecular formula is C10H9FN2O2. The van der Waals surface area contributed by atoms with E-state index in [1.807, 2.05) is 0 Å². The first-order chi connectivity index (χ1) is 7.06. The van der Waals surface area contributed by atoms with Crippen molar-refractivity contribution in [2.45, 2.75) is 6.92 Å². The summed E-state index contributed by atoms with van der Waals surface area (Å²) in [5.74, 6) is -1.56. The molecule has 1 aromatic carbocycles. The van der Waals surface area contributed by atoms with Crippen LogP contribution in [0.4, 0.5) is 10.1 Å². The number of anilines is 1. The van der Waals surface area contributed by atoms with Crippen molar-refractivity contribution in [3.63, 3.8) is 0 Å². The van der Waals surface area contributed by atoms with Gasteiger partial charge in [-0.2, -0.15) is 5.26 Å². The molecule has 0 fully saturated rings. The third kappa shape index (κ3) is 2.44. The second-order valence-electron chi connectivity index (χ2n) is 2.93. The van der Waals surface area contributed by atoms with Gasteiger partial charge in [0, 0.05) is 5.69 Å². The van der Waals surface area contributed by atoms with Crippen molar-refractivity contribution in [1.29, 1.82) is 5.26 Å². The van der Waals surface area contributed by atoms with Gasteiger partial charge in [-0.25, -0.2) is 9.18 Å². The van der Waals surface area contributed by atoms with Gasteiger partial charge in [0.2, 0.25) is 0 Å². The molecule has 1 aromatic rings. The summed E-state index contributed by atoms with van der Waals surface area (Å²) in [5.41, 5.74) is 5.75. The van der Waals surface area contributed by atoms with Crippen LogP contribution < -0.4 is 5.73 Å². The highest BCUT2D eigenvalue weighted by atomic mass is 19.1. The molecule has 0 aliphatic heterocycles. The molecule has 0 radical (unpaired) electrons. The molecule has 78 valence electrons. The van der Waals surface area contributed by atoms with E-state index >= 15 is 0 Å². The second-order valence-corrected chi connectivity index (χ2v) is 2.93. The monoisotopic (exact) mass is 208 g/mol. The molecule has 0 spiro atoms. The van der Waals surface area contributed by atoms with Gasteiger partial charge in [-0.1, -0.05) is 0 Å². The number of rotatable bonds is 2. The summed E-state index contributed by atoms with van der Waals surface area (Å²) >= 11 is 0. The molecule has 5 heteroatoms. The van der Waals surface area contributed by atoms with Gasteiger partial charge in [0.25, 0.3) is 0 Å². The Kier molecular flexibility index (Phi) is 3.24. The van der Waals surface area contributed by atoms with Crippen molar-refractivity contribution >= 4 is 11.7 Å². The van der Waals surface area contributed by atoms with Crippen LogP contribution in [0.2, 0.25) is 0 Å². The number of aryl methyl sites for hydroxylation is 1. The average molecular weight is 208 g/mol. The predicted octanol–water partition coefficient (Wildman–Crippen LogP) is 1.40. The van der Waals surface area contributed by atoms with E-state index in [4.69, 9.17) is 11.0 Å². The van der Waals surface area contributed by atoms with E-state index in [0.29, 0.717) is 0 Å². The van der Waals surface area contributed by atoms with Gasteiger partial charge in [-0.15, -0.1) is 0 Å². The summed E-state index contributed by atoms with van der Waals surface area (Å²) in [6.07, 6.45) is 0. The Bertz CT molecular complexity index is 438. The van der Waals surface area contributed by atoms with Crippen LogP contribution in [0, 0.1) is 24.1 Å². The van der Waals surface area contributed by atoms with Crippen LogP contribution in [0.5, 0.6) is 0 Å². The minimum atomic E-state index is -0.885. The zero-order chi connectivity index (χ0) is 11.4. The predicted molar refractivity (Wildman–Crippen MR) is 51.4 cm³/mol. The van der Waals surface area contributed by atoms with Crippen LogP contribution in [-0.2, 0) is 4.74 Å². The molecule has 4 nitrogen and oxygen atoms in total. The van der Waals surface area contributed by atoms with Crippen molar-refractivity contribution in [3.05, 3.63) is 29.1 Å². The third-order valence-corrected chi connectivity index (χ3v) is 1.76. The van der Waals surface area contributed by atoms with E-state index in [1.54, 1.807) is 6.07 Å². The first-order valence-electron chi connectivity index (χ1n) is 4.16. The standard InChI is InChI=1S/C10H9FN2O2/c1-6-4-7(13)5-8(9(6)11)10(14)15-3-2-12/h4-5H,3,13H2,1H3. The molecule has 0 unspecified atom stereocenters. The van der Waals surface area contributed by atoms with Gasteiger partial charge in [-0.05, 0) is 24.6 Å². The van der Waals surface area contributed by atoms with Crippen LogP contribution in [0.15, 0.2) is 12.1 Å². The van der Waals surface area contributed by atoms with E-state index in [9.17, 15) is 9.18 Å². The van der Waals surface area contributed by atoms with Gasteiger partial charge >= 0.3 is 5.97 Å². The molecule has 0 aliphatic rings. The fourth-order valence-corrected chi connectivity index (χ4v) is 1.12. The first-order valence-corrected chi connectivity index (χ1v) is 4.16. The lowest BCUT2D eigenvalue weighted by Gasteiger charge is -2.05. The van der Waals surface area contributed by atoms with Crippen LogP contribution in [0.25, 0.3) is 0 Å². The summed E-state index contributed by atoms with van der Waals surface area (Å²) < 4.78 is 17.9. The molecule has 0 aliphatic carbocycles. The normalized spacial score (nSPS) is 9.40.